The lowest BCUT2D eigenvalue weighted by Crippen LogP contribution is -2.37. The zero-order valence-electron chi connectivity index (χ0n) is 14.6. The van der Waals surface area contributed by atoms with E-state index in [0.29, 0.717) is 13.0 Å². The number of hydrogen-bond acceptors (Lipinski definition) is 6. The van der Waals surface area contributed by atoms with E-state index in [1.807, 2.05) is 24.4 Å². The maximum absolute atomic E-state index is 12.8. The second-order valence-corrected chi connectivity index (χ2v) is 8.60. The molecule has 1 aliphatic heterocycles. The molecular formula is C19H23NO3S2. The van der Waals surface area contributed by atoms with E-state index < -0.39 is 5.92 Å². The highest BCUT2D eigenvalue weighted by molar-refractivity contribution is 7.99. The van der Waals surface area contributed by atoms with E-state index >= 15 is 0 Å². The Hall–Kier alpha value is -1.40. The summed E-state index contributed by atoms with van der Waals surface area (Å²) in [6, 6.07) is 3.97. The number of nitrogens with zero attached hydrogens (tertiary/aromatic N) is 1. The van der Waals surface area contributed by atoms with Gasteiger partial charge in [-0.2, -0.15) is 11.8 Å². The summed E-state index contributed by atoms with van der Waals surface area (Å²) < 4.78 is 5.53. The van der Waals surface area contributed by atoms with Gasteiger partial charge in [0.1, 0.15) is 12.5 Å². The van der Waals surface area contributed by atoms with E-state index in [-0.39, 0.29) is 17.7 Å². The summed E-state index contributed by atoms with van der Waals surface area (Å²) in [5.41, 5.74) is 2.38. The number of ketones is 1. The van der Waals surface area contributed by atoms with Gasteiger partial charge in [0.15, 0.2) is 5.78 Å². The molecule has 0 aromatic carbocycles. The molecule has 0 saturated carbocycles. The maximum Gasteiger partial charge on any atom is 0.315 e. The normalized spacial score (nSPS) is 23.3. The lowest BCUT2D eigenvalue weighted by molar-refractivity contribution is -0.145. The zero-order chi connectivity index (χ0) is 17.8. The van der Waals surface area contributed by atoms with Crippen LogP contribution in [0.25, 0.3) is 0 Å². The number of allylic oxidation sites excluding steroid dienone is 2. The van der Waals surface area contributed by atoms with Crippen molar-refractivity contribution in [2.24, 2.45) is 10.9 Å². The summed E-state index contributed by atoms with van der Waals surface area (Å²) in [6.45, 7) is 4.37. The molecule has 0 bridgehead atoms. The van der Waals surface area contributed by atoms with E-state index in [1.165, 1.54) is 0 Å². The first-order valence-electron chi connectivity index (χ1n) is 8.72. The molecule has 2 atom stereocenters. The maximum atomic E-state index is 12.8. The van der Waals surface area contributed by atoms with Gasteiger partial charge in [-0.15, -0.1) is 11.3 Å². The Labute approximate surface area is 156 Å². The second kappa shape index (κ2) is 8.32. The van der Waals surface area contributed by atoms with Crippen LogP contribution in [-0.4, -0.2) is 35.6 Å². The van der Waals surface area contributed by atoms with Gasteiger partial charge in [0.25, 0.3) is 0 Å². The van der Waals surface area contributed by atoms with Crippen LogP contribution in [0.4, 0.5) is 0 Å². The highest BCUT2D eigenvalue weighted by Gasteiger charge is 2.43. The van der Waals surface area contributed by atoms with E-state index in [1.54, 1.807) is 23.1 Å². The number of aliphatic imine (C=N–C) groups is 1. The minimum absolute atomic E-state index is 0.134. The first-order valence-corrected chi connectivity index (χ1v) is 10.8. The highest BCUT2D eigenvalue weighted by atomic mass is 32.2. The number of esters is 1. The summed E-state index contributed by atoms with van der Waals surface area (Å²) in [5.74, 6) is 0.931. The third-order valence-electron chi connectivity index (χ3n) is 4.61. The van der Waals surface area contributed by atoms with Gasteiger partial charge in [0.2, 0.25) is 0 Å². The van der Waals surface area contributed by atoms with Gasteiger partial charge in [-0.3, -0.25) is 14.6 Å². The van der Waals surface area contributed by atoms with Gasteiger partial charge in [-0.1, -0.05) is 13.0 Å². The molecule has 2 heterocycles. The smallest absolute Gasteiger partial charge is 0.315 e. The van der Waals surface area contributed by atoms with Gasteiger partial charge >= 0.3 is 5.97 Å². The van der Waals surface area contributed by atoms with Crippen LogP contribution in [0.1, 0.15) is 43.9 Å². The van der Waals surface area contributed by atoms with Crippen molar-refractivity contribution >= 4 is 40.6 Å². The Morgan fingerprint density at radius 3 is 3.00 bits per heavy atom. The van der Waals surface area contributed by atoms with Crippen LogP contribution in [-0.2, 0) is 14.3 Å². The lowest BCUT2D eigenvalue weighted by Gasteiger charge is -2.33. The molecule has 0 N–H and O–H groups in total. The molecule has 134 valence electrons. The minimum atomic E-state index is -0.494. The lowest BCUT2D eigenvalue weighted by atomic mass is 9.74. The van der Waals surface area contributed by atoms with E-state index in [0.717, 1.165) is 46.2 Å². The Kier molecular flexibility index (Phi) is 6.12. The van der Waals surface area contributed by atoms with Gasteiger partial charge in [-0.05, 0) is 37.0 Å². The van der Waals surface area contributed by atoms with E-state index in [9.17, 15) is 9.59 Å². The van der Waals surface area contributed by atoms with Crippen LogP contribution in [0.2, 0.25) is 0 Å². The van der Waals surface area contributed by atoms with E-state index in [4.69, 9.17) is 4.74 Å². The summed E-state index contributed by atoms with van der Waals surface area (Å²) in [5, 5.41) is 1.99. The first-order chi connectivity index (χ1) is 12.1. The molecule has 0 amide bonds. The van der Waals surface area contributed by atoms with Crippen molar-refractivity contribution in [1.29, 1.82) is 0 Å². The number of ether oxygens (including phenoxy) is 1. The summed E-state index contributed by atoms with van der Waals surface area (Å²) in [6.07, 6.45) is 2.20. The molecule has 6 heteroatoms. The zero-order valence-corrected chi connectivity index (χ0v) is 16.3. The molecule has 25 heavy (non-hydrogen) atoms. The number of rotatable bonds is 6. The van der Waals surface area contributed by atoms with Crippen LogP contribution in [0.5, 0.6) is 0 Å². The molecule has 1 aliphatic carbocycles. The predicted octanol–water partition coefficient (Wildman–Crippen LogP) is 4.23. The van der Waals surface area contributed by atoms with Crippen molar-refractivity contribution in [2.45, 2.75) is 39.0 Å². The van der Waals surface area contributed by atoms with Gasteiger partial charge in [0.05, 0.1) is 0 Å². The standard InChI is InChI=1S/C19H23NO3S2/c1-3-24-11-9-23-19(22)16-12(2)20-13-6-4-7-14(21)17(13)18(16)15-8-5-10-25-15/h5,8,10,16,18H,3-4,6-7,9,11H2,1-2H3/t16?,18-/m0/s1. The number of thiophene rings is 1. The number of carbonyl (C=O) groups is 2. The third kappa shape index (κ3) is 3.90. The highest BCUT2D eigenvalue weighted by Crippen LogP contribution is 2.44. The van der Waals surface area contributed by atoms with Gasteiger partial charge in [-0.25, -0.2) is 0 Å². The fourth-order valence-electron chi connectivity index (χ4n) is 3.52. The van der Waals surface area contributed by atoms with Crippen molar-refractivity contribution in [1.82, 2.24) is 0 Å². The number of carbonyl (C=O) groups excluding carboxylic acids is 2. The number of Topliss-reactive ketones (excluding diaryl/α,β-unsaturated/α-hetero) is 1. The van der Waals surface area contributed by atoms with Crippen molar-refractivity contribution < 1.29 is 14.3 Å². The minimum Gasteiger partial charge on any atom is -0.464 e. The number of thioether (sulfide) groups is 1. The Morgan fingerprint density at radius 1 is 1.44 bits per heavy atom. The monoisotopic (exact) mass is 377 g/mol. The van der Waals surface area contributed by atoms with Crippen LogP contribution in [0.3, 0.4) is 0 Å². The Bertz CT molecular complexity index is 706. The van der Waals surface area contributed by atoms with Crippen LogP contribution in [0.15, 0.2) is 33.8 Å². The largest absolute Gasteiger partial charge is 0.464 e. The fraction of sp³-hybridized carbons (Fsp3) is 0.526. The molecule has 0 spiro atoms. The van der Waals surface area contributed by atoms with Crippen LogP contribution < -0.4 is 0 Å². The van der Waals surface area contributed by atoms with Crippen LogP contribution >= 0.6 is 23.1 Å². The molecule has 1 aromatic heterocycles. The molecule has 1 aromatic rings. The number of hydrogen-bond donors (Lipinski definition) is 0. The van der Waals surface area contributed by atoms with Gasteiger partial charge < -0.3 is 4.74 Å². The van der Waals surface area contributed by atoms with Crippen molar-refractivity contribution in [3.63, 3.8) is 0 Å². The second-order valence-electron chi connectivity index (χ2n) is 6.23. The van der Waals surface area contributed by atoms with Crippen molar-refractivity contribution in [3.8, 4) is 0 Å². The molecule has 2 aliphatic rings. The molecule has 0 fully saturated rings. The van der Waals surface area contributed by atoms with Crippen LogP contribution in [0, 0.1) is 5.92 Å². The molecular weight excluding hydrogens is 354 g/mol. The molecule has 1 unspecified atom stereocenters. The summed E-state index contributed by atoms with van der Waals surface area (Å²) in [7, 11) is 0. The predicted molar refractivity (Wildman–Crippen MR) is 104 cm³/mol. The summed E-state index contributed by atoms with van der Waals surface area (Å²) >= 11 is 3.33. The first kappa shape index (κ1) is 18.4. The van der Waals surface area contributed by atoms with E-state index in [2.05, 4.69) is 11.9 Å². The fourth-order valence-corrected chi connectivity index (χ4v) is 4.88. The van der Waals surface area contributed by atoms with Crippen molar-refractivity contribution in [3.05, 3.63) is 33.7 Å². The summed E-state index contributed by atoms with van der Waals surface area (Å²) in [4.78, 5) is 31.1. The third-order valence-corrected chi connectivity index (χ3v) is 6.43. The Morgan fingerprint density at radius 2 is 2.28 bits per heavy atom. The quantitative estimate of drug-likeness (QED) is 0.550. The average molecular weight is 378 g/mol. The van der Waals surface area contributed by atoms with Gasteiger partial charge in [0, 0.05) is 40.0 Å². The molecule has 3 rings (SSSR count). The molecule has 0 saturated heterocycles. The average Bonchev–Trinajstić information content (AvgIpc) is 3.12. The SMILES string of the molecule is CCSCCOC(=O)C1C(C)=NC2=C(C(=O)CCC2)[C@H]1c1cccs1. The molecule has 4 nitrogen and oxygen atoms in total. The topological polar surface area (TPSA) is 55.7 Å². The molecule has 0 radical (unpaired) electrons. The Balaban J connectivity index is 1.91. The van der Waals surface area contributed by atoms with Crippen molar-refractivity contribution in [2.75, 3.05) is 18.1 Å².